The minimum atomic E-state index is 0. The topological polar surface area (TPSA) is 58.1 Å². The third kappa shape index (κ3) is 9.67. The maximum absolute atomic E-state index is 5.82. The molecule has 0 radical (unpaired) electrons. The summed E-state index contributed by atoms with van der Waals surface area (Å²) < 4.78 is 11.5. The summed E-state index contributed by atoms with van der Waals surface area (Å²) in [7, 11) is 4.08. The molecule has 2 aromatic rings. The molecule has 0 heterocycles. The number of benzene rings is 2. The predicted octanol–water partition coefficient (Wildman–Crippen LogP) is 3.90. The quantitative estimate of drug-likeness (QED) is 0.264. The molecule has 0 bridgehead atoms. The predicted molar refractivity (Wildman–Crippen MR) is 135 cm³/mol. The van der Waals surface area contributed by atoms with Gasteiger partial charge in [-0.1, -0.05) is 30.3 Å². The molecular formula is C23H35IN4O2. The van der Waals surface area contributed by atoms with Gasteiger partial charge >= 0.3 is 0 Å². The number of guanidine groups is 1. The number of nitrogens with zero attached hydrogens (tertiary/aromatic N) is 2. The van der Waals surface area contributed by atoms with Gasteiger partial charge in [0.1, 0.15) is 18.1 Å². The van der Waals surface area contributed by atoms with Crippen LogP contribution in [-0.2, 0) is 13.1 Å². The fourth-order valence-electron chi connectivity index (χ4n) is 2.72. The van der Waals surface area contributed by atoms with Crippen LogP contribution >= 0.6 is 24.0 Å². The van der Waals surface area contributed by atoms with Gasteiger partial charge < -0.3 is 25.0 Å². The normalized spacial score (nSPS) is 11.0. The van der Waals surface area contributed by atoms with Crippen LogP contribution in [-0.4, -0.2) is 51.3 Å². The van der Waals surface area contributed by atoms with E-state index in [1.807, 2.05) is 57.4 Å². The van der Waals surface area contributed by atoms with Gasteiger partial charge in [-0.05, 0) is 51.7 Å². The van der Waals surface area contributed by atoms with Crippen LogP contribution in [0.3, 0.4) is 0 Å². The summed E-state index contributed by atoms with van der Waals surface area (Å²) >= 11 is 0. The highest BCUT2D eigenvalue weighted by atomic mass is 127. The smallest absolute Gasteiger partial charge is 0.191 e. The van der Waals surface area contributed by atoms with Crippen LogP contribution in [0.15, 0.2) is 53.5 Å². The molecule has 0 aliphatic heterocycles. The van der Waals surface area contributed by atoms with Crippen molar-refractivity contribution in [2.45, 2.75) is 26.9 Å². The van der Waals surface area contributed by atoms with Gasteiger partial charge in [0.05, 0.1) is 13.2 Å². The van der Waals surface area contributed by atoms with Crippen molar-refractivity contribution in [2.24, 2.45) is 4.99 Å². The maximum Gasteiger partial charge on any atom is 0.191 e. The first-order valence-electron chi connectivity index (χ1n) is 10.2. The Morgan fingerprint density at radius 3 is 2.53 bits per heavy atom. The van der Waals surface area contributed by atoms with Gasteiger partial charge in [-0.2, -0.15) is 0 Å². The second-order valence-corrected chi connectivity index (χ2v) is 6.89. The molecule has 0 amide bonds. The number of likely N-dealkylation sites (N-methyl/N-ethyl adjacent to an activating group) is 1. The highest BCUT2D eigenvalue weighted by Gasteiger charge is 2.04. The van der Waals surface area contributed by atoms with Gasteiger partial charge in [-0.25, -0.2) is 4.99 Å². The highest BCUT2D eigenvalue weighted by Crippen LogP contribution is 2.17. The number of ether oxygens (including phenoxy) is 2. The first kappa shape index (κ1) is 26.0. The lowest BCUT2D eigenvalue weighted by atomic mass is 10.2. The van der Waals surface area contributed by atoms with Gasteiger partial charge in [0.25, 0.3) is 0 Å². The molecule has 2 rings (SSSR count). The lowest BCUT2D eigenvalue weighted by Crippen LogP contribution is -2.36. The molecule has 0 aliphatic carbocycles. The monoisotopic (exact) mass is 526 g/mol. The Bertz CT molecular complexity index is 768. The van der Waals surface area contributed by atoms with Crippen LogP contribution in [0.1, 0.15) is 25.0 Å². The van der Waals surface area contributed by atoms with Crippen LogP contribution in [0.25, 0.3) is 0 Å². The average molecular weight is 526 g/mol. The molecule has 0 spiro atoms. The van der Waals surface area contributed by atoms with E-state index in [1.54, 1.807) is 0 Å². The summed E-state index contributed by atoms with van der Waals surface area (Å²) in [6, 6.07) is 16.2. The van der Waals surface area contributed by atoms with E-state index >= 15 is 0 Å². The largest absolute Gasteiger partial charge is 0.494 e. The maximum atomic E-state index is 5.82. The summed E-state index contributed by atoms with van der Waals surface area (Å²) in [5, 5.41) is 6.69. The van der Waals surface area contributed by atoms with Gasteiger partial charge in [0.15, 0.2) is 5.96 Å². The van der Waals surface area contributed by atoms with Crippen molar-refractivity contribution in [1.29, 1.82) is 0 Å². The van der Waals surface area contributed by atoms with E-state index in [9.17, 15) is 0 Å². The molecule has 7 heteroatoms. The van der Waals surface area contributed by atoms with E-state index in [1.165, 1.54) is 0 Å². The van der Waals surface area contributed by atoms with E-state index in [0.29, 0.717) is 26.3 Å². The average Bonchev–Trinajstić information content (AvgIpc) is 2.71. The highest BCUT2D eigenvalue weighted by molar-refractivity contribution is 14.0. The second-order valence-electron chi connectivity index (χ2n) is 6.89. The summed E-state index contributed by atoms with van der Waals surface area (Å²) in [4.78, 5) is 6.82. The third-order valence-corrected chi connectivity index (χ3v) is 4.19. The van der Waals surface area contributed by atoms with E-state index < -0.39 is 0 Å². The number of hydrogen-bond donors (Lipinski definition) is 2. The SMILES string of the molecule is CCNC(=NCc1cccc(OCCN(C)C)c1)NCc1ccccc1OCC.I. The van der Waals surface area contributed by atoms with Crippen LogP contribution in [0.4, 0.5) is 0 Å². The lowest BCUT2D eigenvalue weighted by Gasteiger charge is -2.14. The fraction of sp³-hybridized carbons (Fsp3) is 0.435. The minimum absolute atomic E-state index is 0. The van der Waals surface area contributed by atoms with Crippen molar-refractivity contribution in [2.75, 3.05) is 40.4 Å². The molecule has 0 saturated carbocycles. The Morgan fingerprint density at radius 2 is 1.80 bits per heavy atom. The minimum Gasteiger partial charge on any atom is -0.494 e. The Hall–Kier alpha value is -2.00. The number of para-hydroxylation sites is 1. The Morgan fingerprint density at radius 1 is 1.00 bits per heavy atom. The number of nitrogens with one attached hydrogen (secondary N) is 2. The molecular weight excluding hydrogens is 491 g/mol. The zero-order valence-electron chi connectivity index (χ0n) is 18.5. The first-order chi connectivity index (χ1) is 14.1. The van der Waals surface area contributed by atoms with Crippen LogP contribution in [0.5, 0.6) is 11.5 Å². The van der Waals surface area contributed by atoms with Crippen molar-refractivity contribution in [3.05, 3.63) is 59.7 Å². The van der Waals surface area contributed by atoms with Crippen molar-refractivity contribution < 1.29 is 9.47 Å². The molecule has 0 aliphatic rings. The standard InChI is InChI=1S/C23H34N4O2.HI/c1-5-24-23(26-18-20-11-7-8-13-22(20)28-6-2)25-17-19-10-9-12-21(16-19)29-15-14-27(3)4;/h7-13,16H,5-6,14-15,17-18H2,1-4H3,(H2,24,25,26);1H. The van der Waals surface area contributed by atoms with Gasteiger partial charge in [0, 0.05) is 25.2 Å². The molecule has 0 aromatic heterocycles. The van der Waals surface area contributed by atoms with Crippen LogP contribution < -0.4 is 20.1 Å². The Kier molecular flexibility index (Phi) is 12.9. The van der Waals surface area contributed by atoms with Crippen LogP contribution in [0.2, 0.25) is 0 Å². The molecule has 0 unspecified atom stereocenters. The molecule has 30 heavy (non-hydrogen) atoms. The van der Waals surface area contributed by atoms with Crippen molar-refractivity contribution in [1.82, 2.24) is 15.5 Å². The Balaban J connectivity index is 0.00000450. The molecule has 0 fully saturated rings. The van der Waals surface area contributed by atoms with Crippen molar-refractivity contribution in [3.8, 4) is 11.5 Å². The number of aliphatic imine (C=N–C) groups is 1. The zero-order valence-corrected chi connectivity index (χ0v) is 20.8. The summed E-state index contributed by atoms with van der Waals surface area (Å²) in [6.07, 6.45) is 0. The molecule has 6 nitrogen and oxygen atoms in total. The molecule has 0 atom stereocenters. The summed E-state index contributed by atoms with van der Waals surface area (Å²) in [5.41, 5.74) is 2.22. The lowest BCUT2D eigenvalue weighted by molar-refractivity contribution is 0.261. The fourth-order valence-corrected chi connectivity index (χ4v) is 2.72. The summed E-state index contributed by atoms with van der Waals surface area (Å²) in [6.45, 7) is 8.29. The number of rotatable bonds is 11. The zero-order chi connectivity index (χ0) is 20.9. The van der Waals surface area contributed by atoms with E-state index in [0.717, 1.165) is 41.7 Å². The van der Waals surface area contributed by atoms with E-state index in [2.05, 4.69) is 34.6 Å². The van der Waals surface area contributed by atoms with E-state index in [4.69, 9.17) is 14.5 Å². The van der Waals surface area contributed by atoms with E-state index in [-0.39, 0.29) is 24.0 Å². The number of hydrogen-bond acceptors (Lipinski definition) is 4. The second kappa shape index (κ2) is 14.9. The molecule has 2 aromatic carbocycles. The molecule has 2 N–H and O–H groups in total. The third-order valence-electron chi connectivity index (χ3n) is 4.19. The van der Waals surface area contributed by atoms with Gasteiger partial charge in [0.2, 0.25) is 0 Å². The molecule has 166 valence electrons. The Labute approximate surface area is 198 Å². The van der Waals surface area contributed by atoms with Crippen molar-refractivity contribution >= 4 is 29.9 Å². The van der Waals surface area contributed by atoms with Crippen molar-refractivity contribution in [3.63, 3.8) is 0 Å². The first-order valence-corrected chi connectivity index (χ1v) is 10.2. The van der Waals surface area contributed by atoms with Gasteiger partial charge in [-0.3, -0.25) is 0 Å². The van der Waals surface area contributed by atoms with Gasteiger partial charge in [-0.15, -0.1) is 24.0 Å². The van der Waals surface area contributed by atoms with Crippen LogP contribution in [0, 0.1) is 0 Å². The molecule has 0 saturated heterocycles. The number of halogens is 1. The summed E-state index contributed by atoms with van der Waals surface area (Å²) in [5.74, 6) is 2.56.